The zero-order valence-electron chi connectivity index (χ0n) is 12.3. The van der Waals surface area contributed by atoms with E-state index in [0.717, 1.165) is 31.7 Å². The molecule has 0 radical (unpaired) electrons. The lowest BCUT2D eigenvalue weighted by Crippen LogP contribution is -2.44. The summed E-state index contributed by atoms with van der Waals surface area (Å²) in [6, 6.07) is 8.18. The van der Waals surface area contributed by atoms with E-state index >= 15 is 0 Å². The Morgan fingerprint density at radius 3 is 2.75 bits per heavy atom. The van der Waals surface area contributed by atoms with Gasteiger partial charge in [0.15, 0.2) is 6.61 Å². The van der Waals surface area contributed by atoms with E-state index in [1.807, 2.05) is 23.1 Å². The Morgan fingerprint density at radius 1 is 1.40 bits per heavy atom. The summed E-state index contributed by atoms with van der Waals surface area (Å²) in [6.07, 6.45) is 1.77. The summed E-state index contributed by atoms with van der Waals surface area (Å²) in [5.41, 5.74) is 7.06. The van der Waals surface area contributed by atoms with Crippen LogP contribution in [0.1, 0.15) is 38.2 Å². The van der Waals surface area contributed by atoms with E-state index in [9.17, 15) is 4.79 Å². The van der Waals surface area contributed by atoms with Crippen LogP contribution in [0.25, 0.3) is 0 Å². The van der Waals surface area contributed by atoms with E-state index in [-0.39, 0.29) is 18.6 Å². The third-order valence-electron chi connectivity index (χ3n) is 3.78. The Balaban J connectivity index is 1.85. The van der Waals surface area contributed by atoms with Crippen LogP contribution >= 0.6 is 0 Å². The Bertz CT molecular complexity index is 452. The molecule has 0 aromatic heterocycles. The van der Waals surface area contributed by atoms with Crippen molar-refractivity contribution in [1.29, 1.82) is 0 Å². The first-order valence-corrected chi connectivity index (χ1v) is 7.32. The summed E-state index contributed by atoms with van der Waals surface area (Å²) >= 11 is 0. The van der Waals surface area contributed by atoms with E-state index in [1.165, 1.54) is 5.56 Å². The van der Waals surface area contributed by atoms with Gasteiger partial charge in [0.05, 0.1) is 0 Å². The van der Waals surface area contributed by atoms with Gasteiger partial charge in [-0.15, -0.1) is 0 Å². The molecule has 0 bridgehead atoms. The standard InChI is InChI=1S/C16H24N2O2/c1-12(2)13-4-3-5-15(10-13)20-11-16(19)18-8-6-14(17)7-9-18/h3-5,10,12,14H,6-9,11,17H2,1-2H3. The number of nitrogens with two attached hydrogens (primary N) is 1. The highest BCUT2D eigenvalue weighted by atomic mass is 16.5. The number of hydrogen-bond acceptors (Lipinski definition) is 3. The average Bonchev–Trinajstić information content (AvgIpc) is 2.46. The second-order valence-corrected chi connectivity index (χ2v) is 5.73. The molecule has 1 amide bonds. The topological polar surface area (TPSA) is 55.6 Å². The number of ether oxygens (including phenoxy) is 1. The number of likely N-dealkylation sites (tertiary alicyclic amines) is 1. The Labute approximate surface area is 120 Å². The lowest BCUT2D eigenvalue weighted by atomic mass is 10.0. The molecule has 1 heterocycles. The second-order valence-electron chi connectivity index (χ2n) is 5.73. The van der Waals surface area contributed by atoms with Crippen LogP contribution in [0.15, 0.2) is 24.3 Å². The zero-order chi connectivity index (χ0) is 14.5. The van der Waals surface area contributed by atoms with E-state index in [1.54, 1.807) is 0 Å². The number of amides is 1. The van der Waals surface area contributed by atoms with Crippen molar-refractivity contribution < 1.29 is 9.53 Å². The average molecular weight is 276 g/mol. The van der Waals surface area contributed by atoms with Gasteiger partial charge < -0.3 is 15.4 Å². The largest absolute Gasteiger partial charge is 0.484 e. The molecule has 0 aliphatic carbocycles. The molecule has 0 atom stereocenters. The van der Waals surface area contributed by atoms with E-state index in [4.69, 9.17) is 10.5 Å². The van der Waals surface area contributed by atoms with Crippen LogP contribution in [0.5, 0.6) is 5.75 Å². The predicted octanol–water partition coefficient (Wildman–Crippen LogP) is 2.14. The van der Waals surface area contributed by atoms with Gasteiger partial charge in [-0.3, -0.25) is 4.79 Å². The van der Waals surface area contributed by atoms with Crippen LogP contribution in [-0.4, -0.2) is 36.5 Å². The molecule has 1 saturated heterocycles. The van der Waals surface area contributed by atoms with Crippen LogP contribution in [0.4, 0.5) is 0 Å². The molecule has 2 rings (SSSR count). The summed E-state index contributed by atoms with van der Waals surface area (Å²) in [5, 5.41) is 0. The van der Waals surface area contributed by atoms with Crippen LogP contribution in [0, 0.1) is 0 Å². The van der Waals surface area contributed by atoms with Gasteiger partial charge in [0.2, 0.25) is 0 Å². The van der Waals surface area contributed by atoms with Gasteiger partial charge in [-0.25, -0.2) is 0 Å². The molecular weight excluding hydrogens is 252 g/mol. The molecule has 4 heteroatoms. The van der Waals surface area contributed by atoms with Crippen molar-refractivity contribution in [3.63, 3.8) is 0 Å². The lowest BCUT2D eigenvalue weighted by Gasteiger charge is -2.30. The molecule has 1 aliphatic heterocycles. The molecule has 2 N–H and O–H groups in total. The number of carbonyl (C=O) groups excluding carboxylic acids is 1. The molecular formula is C16H24N2O2. The Kier molecular flexibility index (Phi) is 5.01. The van der Waals surface area contributed by atoms with Crippen molar-refractivity contribution in [3.05, 3.63) is 29.8 Å². The van der Waals surface area contributed by atoms with Gasteiger partial charge in [-0.1, -0.05) is 26.0 Å². The Hall–Kier alpha value is -1.55. The quantitative estimate of drug-likeness (QED) is 0.916. The monoisotopic (exact) mass is 276 g/mol. The number of rotatable bonds is 4. The first-order valence-electron chi connectivity index (χ1n) is 7.32. The number of piperidine rings is 1. The van der Waals surface area contributed by atoms with Gasteiger partial charge in [0, 0.05) is 19.1 Å². The number of carbonyl (C=O) groups is 1. The van der Waals surface area contributed by atoms with Gasteiger partial charge in [0.1, 0.15) is 5.75 Å². The van der Waals surface area contributed by atoms with Gasteiger partial charge >= 0.3 is 0 Å². The Morgan fingerprint density at radius 2 is 2.10 bits per heavy atom. The van der Waals surface area contributed by atoms with Crippen LogP contribution in [0.2, 0.25) is 0 Å². The third kappa shape index (κ3) is 3.97. The second kappa shape index (κ2) is 6.75. The number of nitrogens with zero attached hydrogens (tertiary/aromatic N) is 1. The fraction of sp³-hybridized carbons (Fsp3) is 0.562. The highest BCUT2D eigenvalue weighted by Gasteiger charge is 2.20. The molecule has 1 aliphatic rings. The van der Waals surface area contributed by atoms with E-state index in [0.29, 0.717) is 5.92 Å². The smallest absolute Gasteiger partial charge is 0.260 e. The first-order chi connectivity index (χ1) is 9.56. The van der Waals surface area contributed by atoms with Gasteiger partial charge in [0.25, 0.3) is 5.91 Å². The summed E-state index contributed by atoms with van der Waals surface area (Å²) in [7, 11) is 0. The molecule has 0 saturated carbocycles. The van der Waals surface area contributed by atoms with Crippen molar-refractivity contribution in [3.8, 4) is 5.75 Å². The van der Waals surface area contributed by atoms with Crippen LogP contribution in [-0.2, 0) is 4.79 Å². The van der Waals surface area contributed by atoms with E-state index < -0.39 is 0 Å². The molecule has 4 nitrogen and oxygen atoms in total. The fourth-order valence-electron chi connectivity index (χ4n) is 2.35. The van der Waals surface area contributed by atoms with Crippen molar-refractivity contribution in [2.75, 3.05) is 19.7 Å². The molecule has 20 heavy (non-hydrogen) atoms. The number of hydrogen-bond donors (Lipinski definition) is 1. The van der Waals surface area contributed by atoms with Crippen molar-refractivity contribution in [2.45, 2.75) is 38.6 Å². The SMILES string of the molecule is CC(C)c1cccc(OCC(=O)N2CCC(N)CC2)c1. The molecule has 0 unspecified atom stereocenters. The van der Waals surface area contributed by atoms with E-state index in [2.05, 4.69) is 19.9 Å². The fourth-order valence-corrected chi connectivity index (χ4v) is 2.35. The predicted molar refractivity (Wildman–Crippen MR) is 79.8 cm³/mol. The maximum absolute atomic E-state index is 12.1. The molecule has 110 valence electrons. The van der Waals surface area contributed by atoms with Crippen molar-refractivity contribution in [1.82, 2.24) is 4.90 Å². The normalized spacial score (nSPS) is 16.5. The minimum atomic E-state index is 0.0480. The first kappa shape index (κ1) is 14.9. The summed E-state index contributed by atoms with van der Waals surface area (Å²) in [5.74, 6) is 1.27. The van der Waals surface area contributed by atoms with Crippen LogP contribution in [0.3, 0.4) is 0 Å². The minimum absolute atomic E-state index is 0.0480. The lowest BCUT2D eigenvalue weighted by molar-refractivity contribution is -0.134. The summed E-state index contributed by atoms with van der Waals surface area (Å²) in [6.45, 7) is 5.88. The molecule has 1 fully saturated rings. The molecule has 0 spiro atoms. The summed E-state index contributed by atoms with van der Waals surface area (Å²) in [4.78, 5) is 13.9. The van der Waals surface area contributed by atoms with Crippen molar-refractivity contribution >= 4 is 5.91 Å². The third-order valence-corrected chi connectivity index (χ3v) is 3.78. The molecule has 1 aromatic carbocycles. The molecule has 1 aromatic rings. The van der Waals surface area contributed by atoms with Crippen LogP contribution < -0.4 is 10.5 Å². The van der Waals surface area contributed by atoms with Gasteiger partial charge in [-0.2, -0.15) is 0 Å². The zero-order valence-corrected chi connectivity index (χ0v) is 12.3. The minimum Gasteiger partial charge on any atom is -0.484 e. The maximum atomic E-state index is 12.1. The maximum Gasteiger partial charge on any atom is 0.260 e. The number of benzene rings is 1. The van der Waals surface area contributed by atoms with Gasteiger partial charge in [-0.05, 0) is 36.5 Å². The van der Waals surface area contributed by atoms with Crippen molar-refractivity contribution in [2.24, 2.45) is 5.73 Å². The summed E-state index contributed by atoms with van der Waals surface area (Å²) < 4.78 is 5.62. The highest BCUT2D eigenvalue weighted by Crippen LogP contribution is 2.20. The highest BCUT2D eigenvalue weighted by molar-refractivity contribution is 5.77.